The van der Waals surface area contributed by atoms with Gasteiger partial charge in [0.2, 0.25) is 0 Å². The number of nitrogens with zero attached hydrogens (tertiary/aromatic N) is 3. The quantitative estimate of drug-likeness (QED) is 0.258. The van der Waals surface area contributed by atoms with Crippen molar-refractivity contribution in [1.82, 2.24) is 4.90 Å². The Balaban J connectivity index is 1.52. The van der Waals surface area contributed by atoms with Crippen LogP contribution in [-0.2, 0) is 24.7 Å². The number of allylic oxidation sites excluding steroid dienone is 1. The molecule has 190 valence electrons. The summed E-state index contributed by atoms with van der Waals surface area (Å²) in [4.78, 5) is 29.3. The summed E-state index contributed by atoms with van der Waals surface area (Å²) in [6.07, 6.45) is 0. The van der Waals surface area contributed by atoms with Crippen LogP contribution in [-0.4, -0.2) is 47.7 Å². The molecule has 0 saturated carbocycles. The molecule has 5 rings (SSSR count). The van der Waals surface area contributed by atoms with Crippen molar-refractivity contribution < 1.29 is 27.5 Å². The molecule has 1 unspecified atom stereocenters. The van der Waals surface area contributed by atoms with E-state index in [1.54, 1.807) is 24.3 Å². The number of rotatable bonds is 7. The van der Waals surface area contributed by atoms with E-state index in [1.165, 1.54) is 18.1 Å². The third-order valence-corrected chi connectivity index (χ3v) is 7.79. The van der Waals surface area contributed by atoms with E-state index in [0.717, 1.165) is 28.3 Å². The number of hydrazone groups is 1. The van der Waals surface area contributed by atoms with Crippen LogP contribution in [0.25, 0.3) is 10.8 Å². The number of aliphatic imine (C=N–C) groups is 1. The first-order valence-electron chi connectivity index (χ1n) is 11.1. The molecule has 12 heteroatoms. The van der Waals surface area contributed by atoms with Gasteiger partial charge < -0.3 is 0 Å². The van der Waals surface area contributed by atoms with Crippen LogP contribution in [0.1, 0.15) is 18.5 Å². The molecule has 0 spiro atoms. The first-order valence-corrected chi connectivity index (χ1v) is 13.4. The average Bonchev–Trinajstić information content (AvgIpc) is 3.19. The van der Waals surface area contributed by atoms with Crippen LogP contribution < -0.4 is 5.43 Å². The highest BCUT2D eigenvalue weighted by atomic mass is 32.2. The first kappa shape index (κ1) is 25.1. The van der Waals surface area contributed by atoms with Crippen molar-refractivity contribution in [1.29, 1.82) is 0 Å². The Labute approximate surface area is 217 Å². The molecule has 1 amide bonds. The molecule has 0 aliphatic carbocycles. The molecule has 10 nitrogen and oxygen atoms in total. The van der Waals surface area contributed by atoms with Crippen LogP contribution in [0.4, 0.5) is 5.69 Å². The van der Waals surface area contributed by atoms with E-state index in [2.05, 4.69) is 15.5 Å². The van der Waals surface area contributed by atoms with E-state index in [4.69, 9.17) is 9.78 Å². The Morgan fingerprint density at radius 3 is 2.46 bits per heavy atom. The predicted octanol–water partition coefficient (Wildman–Crippen LogP) is 4.35. The van der Waals surface area contributed by atoms with Crippen LogP contribution >= 0.6 is 11.8 Å². The van der Waals surface area contributed by atoms with Gasteiger partial charge in [-0.1, -0.05) is 54.6 Å². The Bertz CT molecular complexity index is 1590. The number of carbonyl (C=O) groups excluding carboxylic acids is 1. The lowest BCUT2D eigenvalue weighted by Crippen LogP contribution is -2.39. The fraction of sp³-hybridized carbons (Fsp3) is 0.160. The minimum atomic E-state index is -4.56. The molecule has 3 aromatic carbocycles. The summed E-state index contributed by atoms with van der Waals surface area (Å²) in [5.41, 5.74) is 5.01. The Kier molecular flexibility index (Phi) is 6.84. The number of nitrogens with one attached hydrogen (secondary N) is 1. The minimum Gasteiger partial charge on any atom is -0.282 e. The van der Waals surface area contributed by atoms with Crippen molar-refractivity contribution in [2.24, 2.45) is 10.1 Å². The zero-order chi connectivity index (χ0) is 26.2. The van der Waals surface area contributed by atoms with Gasteiger partial charge in [0.1, 0.15) is 11.5 Å². The lowest BCUT2D eigenvalue weighted by molar-refractivity contribution is -0.266. The molecule has 0 bridgehead atoms. The van der Waals surface area contributed by atoms with Crippen molar-refractivity contribution in [3.05, 3.63) is 83.6 Å². The summed E-state index contributed by atoms with van der Waals surface area (Å²) >= 11 is 1.06. The third kappa shape index (κ3) is 4.89. The number of hydrogen-bond donors (Lipinski definition) is 2. The summed E-state index contributed by atoms with van der Waals surface area (Å²) in [5, 5.41) is 6.09. The maximum atomic E-state index is 13.6. The molecule has 1 saturated heterocycles. The zero-order valence-electron chi connectivity index (χ0n) is 19.8. The van der Waals surface area contributed by atoms with Crippen LogP contribution in [0.3, 0.4) is 0 Å². The number of thioether (sulfide) groups is 1. The third-order valence-electron chi connectivity index (χ3n) is 5.96. The largest absolute Gasteiger partial charge is 0.296 e. The van der Waals surface area contributed by atoms with Crippen LogP contribution in [0.5, 0.6) is 0 Å². The Hall–Kier alpha value is -3.55. The second kappa shape index (κ2) is 10.1. The molecule has 2 aliphatic heterocycles. The molecule has 2 N–H and O–H groups in total. The van der Waals surface area contributed by atoms with Crippen LogP contribution in [0.15, 0.2) is 93.0 Å². The Morgan fingerprint density at radius 1 is 1.11 bits per heavy atom. The monoisotopic (exact) mass is 538 g/mol. The van der Waals surface area contributed by atoms with Gasteiger partial charge in [-0.25, -0.2) is 14.8 Å². The number of amidine groups is 1. The summed E-state index contributed by atoms with van der Waals surface area (Å²) < 4.78 is 33.9. The van der Waals surface area contributed by atoms with Gasteiger partial charge >= 0.3 is 0 Å². The molecule has 2 aliphatic rings. The lowest BCUT2D eigenvalue weighted by atomic mass is 9.95. The topological polar surface area (TPSA) is 130 Å². The van der Waals surface area contributed by atoms with Crippen molar-refractivity contribution in [2.45, 2.75) is 17.9 Å². The molecule has 1 fully saturated rings. The molecule has 0 radical (unpaired) electrons. The van der Waals surface area contributed by atoms with Crippen molar-refractivity contribution in [2.75, 3.05) is 19.1 Å². The fourth-order valence-corrected chi connectivity index (χ4v) is 5.81. The second-order valence-corrected chi connectivity index (χ2v) is 10.6. The molecule has 0 aromatic heterocycles. The minimum absolute atomic E-state index is 0.0389. The van der Waals surface area contributed by atoms with Gasteiger partial charge in [0.05, 0.1) is 18.8 Å². The van der Waals surface area contributed by atoms with E-state index in [9.17, 15) is 17.8 Å². The predicted molar refractivity (Wildman–Crippen MR) is 142 cm³/mol. The highest BCUT2D eigenvalue weighted by Gasteiger charge is 2.44. The van der Waals surface area contributed by atoms with Crippen LogP contribution in [0.2, 0.25) is 0 Å². The average molecular weight is 539 g/mol. The van der Waals surface area contributed by atoms with E-state index < -0.39 is 22.1 Å². The standard InChI is InChI=1S/C25H22N4O6S2/c1-15-19(14-35-34-2)22(16-8-4-3-5-9-16)29-24(30)23(36-25(29)26-15)28-27-20-12-17-10-6-7-11-18(17)13-21(20)37(31,32)33/h3-13,22,27H,14H2,1-2H3,(H,31,32,33)/b28-23-. The van der Waals surface area contributed by atoms with Gasteiger partial charge in [0.15, 0.2) is 10.2 Å². The van der Waals surface area contributed by atoms with E-state index in [1.807, 2.05) is 43.3 Å². The number of carbonyl (C=O) groups is 1. The van der Waals surface area contributed by atoms with Gasteiger partial charge in [0, 0.05) is 11.3 Å². The number of anilines is 1. The number of hydrogen-bond acceptors (Lipinski definition) is 9. The second-order valence-electron chi connectivity index (χ2n) is 8.22. The summed E-state index contributed by atoms with van der Waals surface area (Å²) in [7, 11) is -3.15. The van der Waals surface area contributed by atoms with Gasteiger partial charge in [0.25, 0.3) is 16.0 Å². The highest BCUT2D eigenvalue weighted by molar-refractivity contribution is 8.29. The van der Waals surface area contributed by atoms with Crippen molar-refractivity contribution >= 4 is 54.5 Å². The van der Waals surface area contributed by atoms with Gasteiger partial charge in [-0.3, -0.25) is 19.7 Å². The summed E-state index contributed by atoms with van der Waals surface area (Å²) in [5.74, 6) is -0.415. The molecule has 2 heterocycles. The normalized spacial score (nSPS) is 18.9. The molecule has 1 atom stereocenters. The van der Waals surface area contributed by atoms with Gasteiger partial charge in [-0.2, -0.15) is 13.5 Å². The lowest BCUT2D eigenvalue weighted by Gasteiger charge is -2.33. The molecule has 3 aromatic rings. The summed E-state index contributed by atoms with van der Waals surface area (Å²) in [6.45, 7) is 1.94. The zero-order valence-corrected chi connectivity index (χ0v) is 21.4. The first-order chi connectivity index (χ1) is 17.8. The van der Waals surface area contributed by atoms with Gasteiger partial charge in [-0.15, -0.1) is 0 Å². The fourth-order valence-electron chi connectivity index (χ4n) is 4.24. The maximum Gasteiger partial charge on any atom is 0.296 e. The van der Waals surface area contributed by atoms with E-state index in [-0.39, 0.29) is 22.2 Å². The Morgan fingerprint density at radius 2 is 1.78 bits per heavy atom. The van der Waals surface area contributed by atoms with Crippen molar-refractivity contribution in [3.63, 3.8) is 0 Å². The highest BCUT2D eigenvalue weighted by Crippen LogP contribution is 2.41. The van der Waals surface area contributed by atoms with Crippen molar-refractivity contribution in [3.8, 4) is 0 Å². The van der Waals surface area contributed by atoms with Gasteiger partial charge in [-0.05, 0) is 47.2 Å². The van der Waals surface area contributed by atoms with E-state index >= 15 is 0 Å². The number of fused-ring (bicyclic) bond motifs is 2. The number of benzene rings is 3. The molecule has 37 heavy (non-hydrogen) atoms. The van der Waals surface area contributed by atoms with E-state index in [0.29, 0.717) is 16.3 Å². The SMILES string of the molecule is COOCC1=C(C)N=C2S/C(=N\Nc3cc4ccccc4cc3S(=O)(=O)O)C(=O)N2C1c1ccccc1. The number of amides is 1. The maximum absolute atomic E-state index is 13.6. The molecular formula is C25H22N4O6S2. The smallest absolute Gasteiger partial charge is 0.282 e. The summed E-state index contributed by atoms with van der Waals surface area (Å²) in [6, 6.07) is 19.0. The van der Waals surface area contributed by atoms with Crippen LogP contribution in [0, 0.1) is 0 Å². The molecular weight excluding hydrogens is 516 g/mol.